The molecule has 8 heteroatoms. The number of carboxylic acid groups (broad SMARTS) is 1. The van der Waals surface area contributed by atoms with E-state index in [1.165, 1.54) is 0 Å². The molecule has 2 rings (SSSR count). The molecule has 1 saturated heterocycles. The summed E-state index contributed by atoms with van der Waals surface area (Å²) in [4.78, 5) is 10.7. The highest BCUT2D eigenvalue weighted by Gasteiger charge is 2.21. The van der Waals surface area contributed by atoms with Crippen molar-refractivity contribution in [2.75, 3.05) is 13.2 Å². The fraction of sp³-hybridized carbons (Fsp3) is 0.462. The Morgan fingerprint density at radius 2 is 2.14 bits per heavy atom. The summed E-state index contributed by atoms with van der Waals surface area (Å²) in [5.41, 5.74) is -0.452. The highest BCUT2D eigenvalue weighted by atomic mass is 32.2. The van der Waals surface area contributed by atoms with E-state index in [1.54, 1.807) is 0 Å². The molecule has 1 aliphatic heterocycles. The maximum absolute atomic E-state index is 12.1. The fourth-order valence-corrected chi connectivity index (χ4v) is 3.20. The first-order chi connectivity index (χ1) is 9.90. The normalized spacial score (nSPS) is 19.3. The summed E-state index contributed by atoms with van der Waals surface area (Å²) in [7, 11) is -3.84. The van der Waals surface area contributed by atoms with Crippen molar-refractivity contribution >= 4 is 16.0 Å². The van der Waals surface area contributed by atoms with Gasteiger partial charge in [0.25, 0.3) is 0 Å². The van der Waals surface area contributed by atoms with Crippen LogP contribution in [-0.2, 0) is 14.8 Å². The number of hydrogen-bond acceptors (Lipinski definition) is 5. The van der Waals surface area contributed by atoms with Crippen LogP contribution in [0.15, 0.2) is 23.1 Å². The Labute approximate surface area is 122 Å². The maximum Gasteiger partial charge on any atom is 0.339 e. The van der Waals surface area contributed by atoms with Crippen LogP contribution in [-0.4, -0.2) is 43.9 Å². The lowest BCUT2D eigenvalue weighted by Crippen LogP contribution is -2.35. The van der Waals surface area contributed by atoms with Gasteiger partial charge in [0.15, 0.2) is 0 Å². The van der Waals surface area contributed by atoms with E-state index in [-0.39, 0.29) is 17.5 Å². The summed E-state index contributed by atoms with van der Waals surface area (Å²) < 4.78 is 32.1. The molecule has 0 amide bonds. The smallest absolute Gasteiger partial charge is 0.339 e. The number of carbonyl (C=O) groups is 1. The SMILES string of the molecule is O=C(O)c1cc(S(=O)(=O)NCC2CCCCO2)ccc1O. The number of phenols is 1. The van der Waals surface area contributed by atoms with Crippen LogP contribution in [0.3, 0.4) is 0 Å². The van der Waals surface area contributed by atoms with Crippen LogP contribution in [0.25, 0.3) is 0 Å². The molecule has 0 aliphatic carbocycles. The van der Waals surface area contributed by atoms with Crippen LogP contribution < -0.4 is 4.72 Å². The Bertz CT molecular complexity index is 622. The number of aromatic hydroxyl groups is 1. The average molecular weight is 315 g/mol. The fourth-order valence-electron chi connectivity index (χ4n) is 2.11. The monoisotopic (exact) mass is 315 g/mol. The number of carboxylic acids is 1. The van der Waals surface area contributed by atoms with Gasteiger partial charge in [0.1, 0.15) is 11.3 Å². The second kappa shape index (κ2) is 6.42. The van der Waals surface area contributed by atoms with Crippen molar-refractivity contribution in [2.45, 2.75) is 30.3 Å². The molecule has 0 radical (unpaired) electrons. The van der Waals surface area contributed by atoms with E-state index >= 15 is 0 Å². The Hall–Kier alpha value is -1.64. The zero-order chi connectivity index (χ0) is 15.5. The predicted octanol–water partition coefficient (Wildman–Crippen LogP) is 0.938. The first-order valence-electron chi connectivity index (χ1n) is 6.58. The topological polar surface area (TPSA) is 113 Å². The van der Waals surface area contributed by atoms with Gasteiger partial charge in [-0.1, -0.05) is 0 Å². The van der Waals surface area contributed by atoms with Crippen molar-refractivity contribution in [3.63, 3.8) is 0 Å². The van der Waals surface area contributed by atoms with Gasteiger partial charge >= 0.3 is 5.97 Å². The van der Waals surface area contributed by atoms with Crippen LogP contribution in [0.4, 0.5) is 0 Å². The standard InChI is InChI=1S/C13H17NO6S/c15-12-5-4-10(7-11(12)13(16)17)21(18,19)14-8-9-3-1-2-6-20-9/h4-5,7,9,14-15H,1-3,6,8H2,(H,16,17). The minimum atomic E-state index is -3.84. The summed E-state index contributed by atoms with van der Waals surface area (Å²) in [5, 5.41) is 18.3. The van der Waals surface area contributed by atoms with Gasteiger partial charge in [0, 0.05) is 13.2 Å². The molecule has 1 atom stereocenters. The third kappa shape index (κ3) is 3.93. The van der Waals surface area contributed by atoms with Crippen LogP contribution in [0.5, 0.6) is 5.75 Å². The molecule has 0 bridgehead atoms. The van der Waals surface area contributed by atoms with Gasteiger partial charge < -0.3 is 14.9 Å². The summed E-state index contributed by atoms with van der Waals surface area (Å²) in [6.45, 7) is 0.764. The van der Waals surface area contributed by atoms with E-state index in [4.69, 9.17) is 9.84 Å². The van der Waals surface area contributed by atoms with E-state index in [0.717, 1.165) is 37.5 Å². The van der Waals surface area contributed by atoms with Gasteiger partial charge in [-0.2, -0.15) is 0 Å². The highest BCUT2D eigenvalue weighted by Crippen LogP contribution is 2.21. The molecular formula is C13H17NO6S. The summed E-state index contributed by atoms with van der Waals surface area (Å²) in [6, 6.07) is 3.14. The second-order valence-electron chi connectivity index (χ2n) is 4.82. The molecule has 21 heavy (non-hydrogen) atoms. The first kappa shape index (κ1) is 15.7. The van der Waals surface area contributed by atoms with E-state index < -0.39 is 27.3 Å². The van der Waals surface area contributed by atoms with Gasteiger partial charge in [-0.15, -0.1) is 0 Å². The van der Waals surface area contributed by atoms with Gasteiger partial charge in [-0.3, -0.25) is 0 Å². The van der Waals surface area contributed by atoms with Gasteiger partial charge in [-0.25, -0.2) is 17.9 Å². The van der Waals surface area contributed by atoms with Crippen molar-refractivity contribution < 1.29 is 28.2 Å². The van der Waals surface area contributed by atoms with Crippen LogP contribution in [0, 0.1) is 0 Å². The summed E-state index contributed by atoms with van der Waals surface area (Å²) >= 11 is 0. The number of aromatic carboxylic acids is 1. The lowest BCUT2D eigenvalue weighted by molar-refractivity contribution is 0.0200. The molecule has 7 nitrogen and oxygen atoms in total. The Balaban J connectivity index is 2.11. The van der Waals surface area contributed by atoms with E-state index in [0.29, 0.717) is 6.61 Å². The molecule has 1 aromatic rings. The molecule has 0 aromatic heterocycles. The third-order valence-electron chi connectivity index (χ3n) is 3.28. The van der Waals surface area contributed by atoms with Gasteiger partial charge in [0.05, 0.1) is 11.0 Å². The minimum absolute atomic E-state index is 0.144. The number of ether oxygens (including phenoxy) is 1. The van der Waals surface area contributed by atoms with Gasteiger partial charge in [0.2, 0.25) is 10.0 Å². The third-order valence-corrected chi connectivity index (χ3v) is 4.70. The Morgan fingerprint density at radius 3 is 2.76 bits per heavy atom. The number of nitrogens with one attached hydrogen (secondary N) is 1. The number of rotatable bonds is 5. The van der Waals surface area contributed by atoms with Crippen molar-refractivity contribution in [1.82, 2.24) is 4.72 Å². The van der Waals surface area contributed by atoms with Gasteiger partial charge in [-0.05, 0) is 37.5 Å². The van der Waals surface area contributed by atoms with Crippen LogP contribution in [0.2, 0.25) is 0 Å². The van der Waals surface area contributed by atoms with Crippen molar-refractivity contribution in [1.29, 1.82) is 0 Å². The molecule has 0 spiro atoms. The minimum Gasteiger partial charge on any atom is -0.507 e. The molecule has 1 unspecified atom stereocenters. The molecule has 1 aromatic carbocycles. The lowest BCUT2D eigenvalue weighted by Gasteiger charge is -2.22. The quantitative estimate of drug-likeness (QED) is 0.745. The number of hydrogen-bond donors (Lipinski definition) is 3. The Morgan fingerprint density at radius 1 is 1.38 bits per heavy atom. The van der Waals surface area contributed by atoms with E-state index in [1.807, 2.05) is 0 Å². The summed E-state index contributed by atoms with van der Waals surface area (Å²) in [6.07, 6.45) is 2.60. The molecule has 116 valence electrons. The lowest BCUT2D eigenvalue weighted by atomic mass is 10.1. The largest absolute Gasteiger partial charge is 0.507 e. The molecule has 0 saturated carbocycles. The molecule has 3 N–H and O–H groups in total. The molecule has 1 fully saturated rings. The highest BCUT2D eigenvalue weighted by molar-refractivity contribution is 7.89. The van der Waals surface area contributed by atoms with E-state index in [2.05, 4.69) is 4.72 Å². The van der Waals surface area contributed by atoms with Crippen LogP contribution in [0.1, 0.15) is 29.6 Å². The van der Waals surface area contributed by atoms with Crippen molar-refractivity contribution in [3.05, 3.63) is 23.8 Å². The molecule has 1 aliphatic rings. The number of benzene rings is 1. The second-order valence-corrected chi connectivity index (χ2v) is 6.59. The van der Waals surface area contributed by atoms with Crippen molar-refractivity contribution in [3.8, 4) is 5.75 Å². The van der Waals surface area contributed by atoms with Crippen LogP contribution >= 0.6 is 0 Å². The average Bonchev–Trinajstić information content (AvgIpc) is 2.46. The molecule has 1 heterocycles. The predicted molar refractivity (Wildman–Crippen MR) is 73.8 cm³/mol. The maximum atomic E-state index is 12.1. The zero-order valence-electron chi connectivity index (χ0n) is 11.3. The first-order valence-corrected chi connectivity index (χ1v) is 8.06. The Kier molecular flexibility index (Phi) is 4.81. The summed E-state index contributed by atoms with van der Waals surface area (Å²) in [5.74, 6) is -1.86. The molecular weight excluding hydrogens is 298 g/mol. The zero-order valence-corrected chi connectivity index (χ0v) is 12.1. The number of sulfonamides is 1. The van der Waals surface area contributed by atoms with Crippen molar-refractivity contribution in [2.24, 2.45) is 0 Å². The van der Waals surface area contributed by atoms with E-state index in [9.17, 15) is 18.3 Å².